The Balaban J connectivity index is 1.55. The molecule has 6 heteroatoms. The molecule has 1 amide bonds. The van der Waals surface area contributed by atoms with Crippen molar-refractivity contribution < 1.29 is 9.59 Å². The van der Waals surface area contributed by atoms with E-state index in [0.717, 1.165) is 16.1 Å². The zero-order valence-corrected chi connectivity index (χ0v) is 15.7. The maximum atomic E-state index is 12.1. The van der Waals surface area contributed by atoms with Crippen molar-refractivity contribution in [2.24, 2.45) is 0 Å². The number of hydrogen-bond donors (Lipinski definition) is 1. The fourth-order valence-electron chi connectivity index (χ4n) is 2.30. The summed E-state index contributed by atoms with van der Waals surface area (Å²) < 4.78 is 0. The van der Waals surface area contributed by atoms with Gasteiger partial charge < -0.3 is 5.32 Å². The fraction of sp³-hybridized carbons (Fsp3) is 0.211. The average Bonchev–Trinajstić information content (AvgIpc) is 3.22. The summed E-state index contributed by atoms with van der Waals surface area (Å²) in [5.41, 5.74) is 3.05. The highest BCUT2D eigenvalue weighted by atomic mass is 32.1. The van der Waals surface area contributed by atoms with E-state index < -0.39 is 0 Å². The summed E-state index contributed by atoms with van der Waals surface area (Å²) in [6.07, 6.45) is 0.372. The molecule has 0 unspecified atom stereocenters. The highest BCUT2D eigenvalue weighted by Gasteiger charge is 2.12. The molecule has 0 saturated heterocycles. The van der Waals surface area contributed by atoms with Crippen molar-refractivity contribution in [3.63, 3.8) is 0 Å². The summed E-state index contributed by atoms with van der Waals surface area (Å²) in [6, 6.07) is 11.8. The zero-order valence-electron chi connectivity index (χ0n) is 14.0. The van der Waals surface area contributed by atoms with Crippen molar-refractivity contribution >= 4 is 39.5 Å². The minimum Gasteiger partial charge on any atom is -0.302 e. The van der Waals surface area contributed by atoms with E-state index in [9.17, 15) is 9.59 Å². The van der Waals surface area contributed by atoms with E-state index in [4.69, 9.17) is 0 Å². The molecule has 2 aromatic heterocycles. The van der Waals surface area contributed by atoms with Crippen molar-refractivity contribution in [1.82, 2.24) is 4.98 Å². The molecule has 0 atom stereocenters. The maximum Gasteiger partial charge on any atom is 0.226 e. The van der Waals surface area contributed by atoms with Crippen LogP contribution in [-0.2, 0) is 4.79 Å². The molecule has 2 heterocycles. The first-order valence-corrected chi connectivity index (χ1v) is 9.63. The van der Waals surface area contributed by atoms with Gasteiger partial charge in [0.25, 0.3) is 0 Å². The summed E-state index contributed by atoms with van der Waals surface area (Å²) in [7, 11) is 0. The highest BCUT2D eigenvalue weighted by molar-refractivity contribution is 7.14. The second-order valence-corrected chi connectivity index (χ2v) is 7.93. The first-order chi connectivity index (χ1) is 12.0. The molecular formula is C19H18N2O2S2. The molecule has 1 aromatic carbocycles. The molecule has 4 nitrogen and oxygen atoms in total. The molecule has 0 bridgehead atoms. The number of rotatable bonds is 6. The third-order valence-corrected chi connectivity index (χ3v) is 5.49. The summed E-state index contributed by atoms with van der Waals surface area (Å²) in [4.78, 5) is 30.3. The lowest BCUT2D eigenvalue weighted by molar-refractivity contribution is -0.116. The van der Waals surface area contributed by atoms with Crippen molar-refractivity contribution in [3.05, 3.63) is 57.1 Å². The van der Waals surface area contributed by atoms with Gasteiger partial charge in [-0.25, -0.2) is 4.98 Å². The highest BCUT2D eigenvalue weighted by Crippen LogP contribution is 2.25. The Kier molecular flexibility index (Phi) is 5.40. The normalized spacial score (nSPS) is 10.6. The fourth-order valence-corrected chi connectivity index (χ4v) is 3.88. The number of carbonyl (C=O) groups is 2. The minimum atomic E-state index is -0.188. The average molecular weight is 370 g/mol. The summed E-state index contributed by atoms with van der Waals surface area (Å²) >= 11 is 2.85. The lowest BCUT2D eigenvalue weighted by atomic mass is 10.1. The van der Waals surface area contributed by atoms with Crippen LogP contribution in [0.15, 0.2) is 41.8 Å². The molecule has 0 saturated carbocycles. The topological polar surface area (TPSA) is 59.1 Å². The Hall–Kier alpha value is -2.31. The van der Waals surface area contributed by atoms with Gasteiger partial charge >= 0.3 is 0 Å². The molecule has 0 fully saturated rings. The largest absolute Gasteiger partial charge is 0.302 e. The van der Waals surface area contributed by atoms with Gasteiger partial charge in [-0.15, -0.1) is 22.7 Å². The van der Waals surface area contributed by atoms with Crippen LogP contribution in [0.2, 0.25) is 0 Å². The molecule has 1 N–H and O–H groups in total. The van der Waals surface area contributed by atoms with E-state index in [1.807, 2.05) is 55.6 Å². The number of thiophene rings is 1. The van der Waals surface area contributed by atoms with E-state index in [1.165, 1.54) is 28.2 Å². The van der Waals surface area contributed by atoms with Crippen molar-refractivity contribution in [2.45, 2.75) is 26.7 Å². The number of aryl methyl sites for hydroxylation is 2. The standard InChI is InChI=1S/C19H18N2O2S2/c1-12-3-6-14(7-4-12)15-11-24-19(20-15)21-18(23)10-8-16(22)17-9-5-13(2)25-17/h3-7,9,11H,8,10H2,1-2H3,(H,20,21,23). The number of Topliss-reactive ketones (excluding diaryl/α,β-unsaturated/α-hetero) is 1. The second-order valence-electron chi connectivity index (χ2n) is 5.79. The van der Waals surface area contributed by atoms with Crippen molar-refractivity contribution in [2.75, 3.05) is 5.32 Å². The number of nitrogens with zero attached hydrogens (tertiary/aromatic N) is 1. The predicted molar refractivity (Wildman–Crippen MR) is 104 cm³/mol. The third-order valence-electron chi connectivity index (χ3n) is 3.69. The number of ketones is 1. The quantitative estimate of drug-likeness (QED) is 0.615. The van der Waals surface area contributed by atoms with Gasteiger partial charge in [0.05, 0.1) is 10.6 Å². The summed E-state index contributed by atoms with van der Waals surface area (Å²) in [5.74, 6) is -0.181. The van der Waals surface area contributed by atoms with Crippen LogP contribution in [0.5, 0.6) is 0 Å². The zero-order chi connectivity index (χ0) is 17.8. The lowest BCUT2D eigenvalue weighted by Crippen LogP contribution is -2.13. The van der Waals surface area contributed by atoms with Crippen LogP contribution >= 0.6 is 22.7 Å². The van der Waals surface area contributed by atoms with Gasteiger partial charge in [-0.1, -0.05) is 29.8 Å². The minimum absolute atomic E-state index is 0.00716. The monoisotopic (exact) mass is 370 g/mol. The number of nitrogens with one attached hydrogen (secondary N) is 1. The van der Waals surface area contributed by atoms with E-state index in [0.29, 0.717) is 10.0 Å². The van der Waals surface area contributed by atoms with Crippen LogP contribution in [-0.4, -0.2) is 16.7 Å². The molecule has 25 heavy (non-hydrogen) atoms. The van der Waals surface area contributed by atoms with Crippen LogP contribution < -0.4 is 5.32 Å². The summed E-state index contributed by atoms with van der Waals surface area (Å²) in [6.45, 7) is 4.00. The van der Waals surface area contributed by atoms with Gasteiger partial charge in [0.2, 0.25) is 5.91 Å². The van der Waals surface area contributed by atoms with E-state index in [2.05, 4.69) is 10.3 Å². The summed E-state index contributed by atoms with van der Waals surface area (Å²) in [5, 5.41) is 5.25. The van der Waals surface area contributed by atoms with E-state index in [1.54, 1.807) is 0 Å². The number of amides is 1. The van der Waals surface area contributed by atoms with Gasteiger partial charge in [-0.2, -0.15) is 0 Å². The Morgan fingerprint density at radius 1 is 1.04 bits per heavy atom. The first-order valence-electron chi connectivity index (χ1n) is 7.93. The number of thiazole rings is 1. The molecule has 0 aliphatic heterocycles. The number of carbonyl (C=O) groups excluding carboxylic acids is 2. The predicted octanol–water partition coefficient (Wildman–Crippen LogP) is 5.09. The Morgan fingerprint density at radius 2 is 1.80 bits per heavy atom. The van der Waals surface area contributed by atoms with Crippen LogP contribution in [0.4, 0.5) is 5.13 Å². The van der Waals surface area contributed by atoms with Gasteiger partial charge in [-0.3, -0.25) is 9.59 Å². The lowest BCUT2D eigenvalue weighted by Gasteiger charge is -2.01. The number of benzene rings is 1. The second kappa shape index (κ2) is 7.72. The molecule has 0 aliphatic carbocycles. The van der Waals surface area contributed by atoms with Crippen molar-refractivity contribution in [1.29, 1.82) is 0 Å². The number of hydrogen-bond acceptors (Lipinski definition) is 5. The SMILES string of the molecule is Cc1ccc(-c2csc(NC(=O)CCC(=O)c3ccc(C)s3)n2)cc1. The molecule has 3 aromatic rings. The van der Waals surface area contributed by atoms with E-state index in [-0.39, 0.29) is 24.5 Å². The smallest absolute Gasteiger partial charge is 0.226 e. The molecular weight excluding hydrogens is 352 g/mol. The van der Waals surface area contributed by atoms with Crippen LogP contribution in [0, 0.1) is 13.8 Å². The Labute approximate surface area is 154 Å². The molecule has 0 spiro atoms. The third kappa shape index (κ3) is 4.61. The van der Waals surface area contributed by atoms with Crippen LogP contribution in [0.1, 0.15) is 33.0 Å². The maximum absolute atomic E-state index is 12.1. The van der Waals surface area contributed by atoms with E-state index >= 15 is 0 Å². The van der Waals surface area contributed by atoms with Crippen LogP contribution in [0.25, 0.3) is 11.3 Å². The number of anilines is 1. The molecule has 128 valence electrons. The van der Waals surface area contributed by atoms with Crippen LogP contribution in [0.3, 0.4) is 0 Å². The first kappa shape index (κ1) is 17.5. The van der Waals surface area contributed by atoms with Gasteiger partial charge in [0.1, 0.15) is 0 Å². The Morgan fingerprint density at radius 3 is 2.48 bits per heavy atom. The van der Waals surface area contributed by atoms with Gasteiger partial charge in [0, 0.05) is 28.7 Å². The Bertz CT molecular complexity index is 894. The number of aromatic nitrogens is 1. The molecule has 0 aliphatic rings. The molecule has 3 rings (SSSR count). The van der Waals surface area contributed by atoms with Gasteiger partial charge in [0.15, 0.2) is 10.9 Å². The molecule has 0 radical (unpaired) electrons. The van der Waals surface area contributed by atoms with Gasteiger partial charge in [-0.05, 0) is 26.0 Å². The van der Waals surface area contributed by atoms with Crippen molar-refractivity contribution in [3.8, 4) is 11.3 Å².